The average molecular weight is 606 g/mol. The smallest absolute Gasteiger partial charge is 0.0450 e. The molecule has 0 N–H and O–H groups in total. The van der Waals surface area contributed by atoms with Gasteiger partial charge in [0.15, 0.2) is 0 Å². The van der Waals surface area contributed by atoms with Crippen LogP contribution in [0.4, 0.5) is 11.4 Å². The zero-order valence-corrected chi connectivity index (χ0v) is 20.0. The second-order valence-corrected chi connectivity index (χ2v) is 8.28. The van der Waals surface area contributed by atoms with E-state index in [0.29, 0.717) is 0 Å². The van der Waals surface area contributed by atoms with E-state index in [2.05, 4.69) is 88.1 Å². The van der Waals surface area contributed by atoms with E-state index in [0.717, 1.165) is 31.9 Å². The number of hydrogen-bond donors (Lipinski definition) is 0. The van der Waals surface area contributed by atoms with Gasteiger partial charge in [-0.2, -0.15) is 0 Å². The Balaban J connectivity index is 0.00000240. The SMILES string of the molecule is CN1C=CC(=C2C=CN(c3ccc(N4CCN(C([S-])[S-])CC4)cc3)C=C2)C=C1.[Au]. The third-order valence-corrected chi connectivity index (χ3v) is 5.86. The standard InChI is InChI=1S/C22H26N4S2.Au/c1-23-10-6-18(7-11-23)19-8-12-24(13-9-19)20-2-4-21(5-3-20)25-14-16-26(17-15-25)22(27)28;/h2-13,22,27-28H,14-17H2,1H3;/p-2. The maximum Gasteiger partial charge on any atom is 0.0450 e. The van der Waals surface area contributed by atoms with Crippen LogP contribution in [0.5, 0.6) is 0 Å². The molecule has 3 aliphatic heterocycles. The van der Waals surface area contributed by atoms with Gasteiger partial charge in [0.05, 0.1) is 0 Å². The summed E-state index contributed by atoms with van der Waals surface area (Å²) in [6.07, 6.45) is 16.9. The largest absolute Gasteiger partial charge is 0.800 e. The molecule has 1 radical (unpaired) electrons. The van der Waals surface area contributed by atoms with Crippen molar-refractivity contribution in [3.63, 3.8) is 0 Å². The van der Waals surface area contributed by atoms with Gasteiger partial charge in [-0.1, -0.05) is 0 Å². The topological polar surface area (TPSA) is 13.0 Å². The molecule has 3 heterocycles. The van der Waals surface area contributed by atoms with E-state index in [9.17, 15) is 0 Å². The van der Waals surface area contributed by atoms with Crippen molar-refractivity contribution in [2.75, 3.05) is 43.0 Å². The molecule has 1 fully saturated rings. The minimum atomic E-state index is -0.192. The van der Waals surface area contributed by atoms with E-state index in [1.807, 2.05) is 11.9 Å². The molecule has 0 bridgehead atoms. The molecular weight excluding hydrogens is 581 g/mol. The maximum atomic E-state index is 5.19. The Hall–Kier alpha value is -1.28. The van der Waals surface area contributed by atoms with Crippen LogP contribution in [-0.4, -0.2) is 47.7 Å². The number of hydrogen-bond acceptors (Lipinski definition) is 6. The van der Waals surface area contributed by atoms with Crippen LogP contribution in [0.2, 0.25) is 0 Å². The first kappa shape index (κ1) is 22.4. The fourth-order valence-corrected chi connectivity index (χ4v) is 3.93. The van der Waals surface area contributed by atoms with Gasteiger partial charge in [0.25, 0.3) is 0 Å². The van der Waals surface area contributed by atoms with Gasteiger partial charge in [-0.25, -0.2) is 4.71 Å². The molecule has 29 heavy (non-hydrogen) atoms. The molecule has 3 aliphatic rings. The van der Waals surface area contributed by atoms with Crippen LogP contribution >= 0.6 is 0 Å². The summed E-state index contributed by atoms with van der Waals surface area (Å²) in [5, 5.41) is 0. The van der Waals surface area contributed by atoms with Gasteiger partial charge in [-0.15, -0.1) is 0 Å². The second kappa shape index (κ2) is 10.2. The molecule has 0 atom stereocenters. The van der Waals surface area contributed by atoms with Crippen LogP contribution < -0.4 is 9.80 Å². The summed E-state index contributed by atoms with van der Waals surface area (Å²) in [6, 6.07) is 8.74. The third kappa shape index (κ3) is 5.45. The molecule has 4 nitrogen and oxygen atoms in total. The molecule has 1 saturated heterocycles. The van der Waals surface area contributed by atoms with Gasteiger partial charge in [0.1, 0.15) is 0 Å². The number of rotatable bonds is 3. The Kier molecular flexibility index (Phi) is 7.85. The maximum absolute atomic E-state index is 5.19. The predicted molar refractivity (Wildman–Crippen MR) is 123 cm³/mol. The van der Waals surface area contributed by atoms with Crippen LogP contribution in [0.15, 0.2) is 84.5 Å². The van der Waals surface area contributed by atoms with Crippen molar-refractivity contribution in [1.29, 1.82) is 0 Å². The molecule has 0 spiro atoms. The van der Waals surface area contributed by atoms with Crippen LogP contribution in [0.25, 0.3) is 0 Å². The van der Waals surface area contributed by atoms with Crippen molar-refractivity contribution in [2.24, 2.45) is 0 Å². The van der Waals surface area contributed by atoms with Crippen molar-refractivity contribution in [2.45, 2.75) is 4.71 Å². The van der Waals surface area contributed by atoms with Crippen LogP contribution in [0.3, 0.4) is 0 Å². The van der Waals surface area contributed by atoms with Crippen molar-refractivity contribution >= 4 is 36.6 Å². The third-order valence-electron chi connectivity index (χ3n) is 5.27. The minimum Gasteiger partial charge on any atom is -0.800 e. The summed E-state index contributed by atoms with van der Waals surface area (Å²) >= 11 is 10.4. The number of anilines is 2. The fraction of sp³-hybridized carbons (Fsp3) is 0.273. The molecule has 1 aromatic rings. The number of nitrogens with zero attached hydrogens (tertiary/aromatic N) is 4. The van der Waals surface area contributed by atoms with E-state index in [4.69, 9.17) is 25.3 Å². The van der Waals surface area contributed by atoms with Crippen LogP contribution in [0, 0.1) is 0 Å². The van der Waals surface area contributed by atoms with Gasteiger partial charge >= 0.3 is 0 Å². The summed E-state index contributed by atoms with van der Waals surface area (Å²) in [6.45, 7) is 3.82. The van der Waals surface area contributed by atoms with E-state index < -0.39 is 0 Å². The molecule has 0 unspecified atom stereocenters. The number of piperazine rings is 1. The quantitative estimate of drug-likeness (QED) is 0.385. The molecule has 157 valence electrons. The molecule has 0 aromatic heterocycles. The first-order valence-corrected chi connectivity index (χ1v) is 10.4. The Morgan fingerprint density at radius 1 is 0.724 bits per heavy atom. The molecule has 4 rings (SSSR count). The first-order valence-electron chi connectivity index (χ1n) is 9.48. The second-order valence-electron chi connectivity index (χ2n) is 7.09. The molecule has 1 aromatic carbocycles. The van der Waals surface area contributed by atoms with Gasteiger partial charge < -0.3 is 44.9 Å². The molecule has 0 amide bonds. The summed E-state index contributed by atoms with van der Waals surface area (Å²) in [4.78, 5) is 8.77. The zero-order valence-electron chi connectivity index (χ0n) is 16.2. The molecule has 7 heteroatoms. The fourth-order valence-electron chi connectivity index (χ4n) is 3.51. The number of benzene rings is 1. The van der Waals surface area contributed by atoms with Crippen molar-refractivity contribution in [3.8, 4) is 0 Å². The first-order chi connectivity index (χ1) is 13.6. The van der Waals surface area contributed by atoms with Gasteiger partial charge in [-0.05, 0) is 59.7 Å². The van der Waals surface area contributed by atoms with E-state index >= 15 is 0 Å². The Morgan fingerprint density at radius 3 is 1.72 bits per heavy atom. The average Bonchev–Trinajstić information content (AvgIpc) is 2.75. The summed E-state index contributed by atoms with van der Waals surface area (Å²) < 4.78 is -0.192. The zero-order chi connectivity index (χ0) is 19.5. The van der Waals surface area contributed by atoms with Gasteiger partial charge in [0.2, 0.25) is 0 Å². The minimum absolute atomic E-state index is 0. The van der Waals surface area contributed by atoms with Crippen LogP contribution in [-0.2, 0) is 47.6 Å². The van der Waals surface area contributed by atoms with Crippen LogP contribution in [0.1, 0.15) is 0 Å². The van der Waals surface area contributed by atoms with Crippen molar-refractivity contribution in [3.05, 3.63) is 84.5 Å². The van der Waals surface area contributed by atoms with Gasteiger partial charge in [-0.3, -0.25) is 0 Å². The molecular formula is C22H24AuN4S2-2. The predicted octanol–water partition coefficient (Wildman–Crippen LogP) is 3.30. The Morgan fingerprint density at radius 2 is 1.21 bits per heavy atom. The summed E-state index contributed by atoms with van der Waals surface area (Å²) in [5.74, 6) is 0. The van der Waals surface area contributed by atoms with E-state index in [-0.39, 0.29) is 27.1 Å². The number of allylic oxidation sites excluding steroid dienone is 6. The van der Waals surface area contributed by atoms with Crippen molar-refractivity contribution < 1.29 is 22.4 Å². The Bertz CT molecular complexity index is 818. The van der Waals surface area contributed by atoms with E-state index in [1.165, 1.54) is 16.8 Å². The summed E-state index contributed by atoms with van der Waals surface area (Å²) in [5.41, 5.74) is 4.85. The summed E-state index contributed by atoms with van der Waals surface area (Å²) in [7, 11) is 2.03. The molecule has 0 saturated carbocycles. The molecule has 0 aliphatic carbocycles. The normalized spacial score (nSPS) is 19.4. The van der Waals surface area contributed by atoms with Gasteiger partial charge in [0, 0.05) is 91.8 Å². The van der Waals surface area contributed by atoms with Crippen molar-refractivity contribution in [1.82, 2.24) is 9.80 Å². The van der Waals surface area contributed by atoms with E-state index in [1.54, 1.807) is 0 Å². The monoisotopic (exact) mass is 605 g/mol. The Labute approximate surface area is 200 Å².